The minimum Gasteiger partial charge on any atom is -0.349 e. The molecule has 1 rings (SSSR count). The Labute approximate surface area is 113 Å². The first-order valence-corrected chi connectivity index (χ1v) is 6.06. The molecule has 1 atom stereocenters. The van der Waals surface area contributed by atoms with Crippen molar-refractivity contribution in [3.63, 3.8) is 0 Å². The van der Waals surface area contributed by atoms with Gasteiger partial charge in [-0.1, -0.05) is 35.7 Å². The molecule has 0 aromatic heterocycles. The number of rotatable bonds is 5. The van der Waals surface area contributed by atoms with Crippen LogP contribution in [0.4, 0.5) is 0 Å². The van der Waals surface area contributed by atoms with Crippen LogP contribution in [0.15, 0.2) is 24.3 Å². The third-order valence-corrected chi connectivity index (χ3v) is 2.63. The summed E-state index contributed by atoms with van der Waals surface area (Å²) in [4.78, 5) is 22.9. The molecule has 19 heavy (non-hydrogen) atoms. The van der Waals surface area contributed by atoms with Gasteiger partial charge in [0.05, 0.1) is 19.0 Å². The van der Waals surface area contributed by atoms with Gasteiger partial charge < -0.3 is 10.6 Å². The fourth-order valence-corrected chi connectivity index (χ4v) is 1.70. The highest BCUT2D eigenvalue weighted by Gasteiger charge is 2.16. The molecule has 2 N–H and O–H groups in total. The quantitative estimate of drug-likeness (QED) is 0.782. The zero-order valence-electron chi connectivity index (χ0n) is 11.2. The van der Waals surface area contributed by atoms with Gasteiger partial charge in [-0.3, -0.25) is 9.59 Å². The van der Waals surface area contributed by atoms with E-state index < -0.39 is 0 Å². The summed E-state index contributed by atoms with van der Waals surface area (Å²) in [6.45, 7) is 3.61. The topological polar surface area (TPSA) is 58.2 Å². The van der Waals surface area contributed by atoms with Gasteiger partial charge in [0.25, 0.3) is 0 Å². The number of carbonyl (C=O) groups is 2. The molecule has 2 amide bonds. The summed E-state index contributed by atoms with van der Waals surface area (Å²) >= 11 is 0. The summed E-state index contributed by atoms with van der Waals surface area (Å²) in [7, 11) is 0. The van der Waals surface area contributed by atoms with Gasteiger partial charge in [-0.05, 0) is 12.5 Å². The van der Waals surface area contributed by atoms with Crippen molar-refractivity contribution in [2.75, 3.05) is 6.54 Å². The Morgan fingerprint density at radius 3 is 2.47 bits per heavy atom. The van der Waals surface area contributed by atoms with Crippen LogP contribution in [0.25, 0.3) is 0 Å². The van der Waals surface area contributed by atoms with Gasteiger partial charge in [-0.2, -0.15) is 0 Å². The lowest BCUT2D eigenvalue weighted by atomic mass is 10.0. The number of hydrogen-bond acceptors (Lipinski definition) is 2. The van der Waals surface area contributed by atoms with Crippen molar-refractivity contribution in [3.8, 4) is 12.3 Å². The van der Waals surface area contributed by atoms with Crippen molar-refractivity contribution in [1.29, 1.82) is 0 Å². The highest BCUT2D eigenvalue weighted by molar-refractivity contribution is 5.79. The maximum Gasteiger partial charge on any atom is 0.223 e. The van der Waals surface area contributed by atoms with Crippen molar-refractivity contribution in [2.45, 2.75) is 26.3 Å². The zero-order valence-corrected chi connectivity index (χ0v) is 11.2. The average Bonchev–Trinajstić information content (AvgIpc) is 2.36. The van der Waals surface area contributed by atoms with Crippen LogP contribution in [0.3, 0.4) is 0 Å². The van der Waals surface area contributed by atoms with Crippen molar-refractivity contribution < 1.29 is 9.59 Å². The summed E-state index contributed by atoms with van der Waals surface area (Å²) in [5, 5.41) is 5.36. The van der Waals surface area contributed by atoms with Crippen molar-refractivity contribution in [3.05, 3.63) is 35.4 Å². The molecule has 0 spiro atoms. The number of hydrogen-bond donors (Lipinski definition) is 2. The predicted octanol–water partition coefficient (Wildman–Crippen LogP) is 1.31. The van der Waals surface area contributed by atoms with E-state index in [9.17, 15) is 9.59 Å². The molecule has 0 aliphatic carbocycles. The Hall–Kier alpha value is -2.28. The van der Waals surface area contributed by atoms with E-state index in [4.69, 9.17) is 6.42 Å². The number of benzene rings is 1. The molecule has 0 heterocycles. The fraction of sp³-hybridized carbons (Fsp3) is 0.333. The Bertz CT molecular complexity index is 486. The van der Waals surface area contributed by atoms with E-state index in [0.29, 0.717) is 0 Å². The molecule has 4 nitrogen and oxygen atoms in total. The lowest BCUT2D eigenvalue weighted by Crippen LogP contribution is -2.32. The molecule has 1 aromatic rings. The minimum atomic E-state index is -0.337. The van der Waals surface area contributed by atoms with Crippen LogP contribution in [0.5, 0.6) is 0 Å². The van der Waals surface area contributed by atoms with Crippen LogP contribution in [-0.4, -0.2) is 18.4 Å². The number of carbonyl (C=O) groups excluding carboxylic acids is 2. The molecular weight excluding hydrogens is 240 g/mol. The summed E-state index contributed by atoms with van der Waals surface area (Å²) in [5.41, 5.74) is 2.03. The molecule has 0 unspecified atom stereocenters. The van der Waals surface area contributed by atoms with Crippen molar-refractivity contribution in [2.24, 2.45) is 0 Å². The summed E-state index contributed by atoms with van der Waals surface area (Å²) in [6, 6.07) is 7.37. The average molecular weight is 258 g/mol. The molecular formula is C15H18N2O2. The second-order valence-electron chi connectivity index (χ2n) is 4.35. The van der Waals surface area contributed by atoms with Gasteiger partial charge in [0, 0.05) is 6.92 Å². The van der Waals surface area contributed by atoms with Gasteiger partial charge in [0.1, 0.15) is 0 Å². The van der Waals surface area contributed by atoms with Crippen LogP contribution in [0.2, 0.25) is 0 Å². The molecule has 0 aliphatic heterocycles. The molecule has 0 saturated heterocycles. The largest absolute Gasteiger partial charge is 0.349 e. The summed E-state index contributed by atoms with van der Waals surface area (Å²) in [6.07, 6.45) is 5.25. The molecule has 0 aliphatic rings. The Kier molecular flexibility index (Phi) is 5.62. The molecule has 0 bridgehead atoms. The van der Waals surface area contributed by atoms with Gasteiger partial charge in [-0.25, -0.2) is 0 Å². The van der Waals surface area contributed by atoms with Crippen LogP contribution < -0.4 is 10.6 Å². The Morgan fingerprint density at radius 1 is 1.32 bits per heavy atom. The van der Waals surface area contributed by atoms with E-state index in [1.165, 1.54) is 6.92 Å². The lowest BCUT2D eigenvalue weighted by molar-refractivity contribution is -0.122. The number of nitrogens with one attached hydrogen (secondary N) is 2. The predicted molar refractivity (Wildman–Crippen MR) is 74.2 cm³/mol. The normalized spacial score (nSPS) is 11.2. The maximum absolute atomic E-state index is 11.7. The first-order chi connectivity index (χ1) is 9.02. The first kappa shape index (κ1) is 14.8. The summed E-state index contributed by atoms with van der Waals surface area (Å²) < 4.78 is 0. The lowest BCUT2D eigenvalue weighted by Gasteiger charge is -2.18. The van der Waals surface area contributed by atoms with Crippen LogP contribution in [-0.2, 0) is 9.59 Å². The van der Waals surface area contributed by atoms with E-state index >= 15 is 0 Å². The summed E-state index contributed by atoms with van der Waals surface area (Å²) in [5.74, 6) is 1.99. The fourth-order valence-electron chi connectivity index (χ4n) is 1.70. The second-order valence-corrected chi connectivity index (χ2v) is 4.35. The third-order valence-electron chi connectivity index (χ3n) is 2.63. The zero-order chi connectivity index (χ0) is 14.3. The van der Waals surface area contributed by atoms with Gasteiger partial charge >= 0.3 is 0 Å². The monoisotopic (exact) mass is 258 g/mol. The van der Waals surface area contributed by atoms with Crippen LogP contribution in [0.1, 0.15) is 30.5 Å². The van der Waals surface area contributed by atoms with Crippen molar-refractivity contribution >= 4 is 11.8 Å². The molecule has 4 heteroatoms. The molecule has 0 radical (unpaired) electrons. The van der Waals surface area contributed by atoms with Gasteiger partial charge in [0.15, 0.2) is 0 Å². The van der Waals surface area contributed by atoms with Crippen molar-refractivity contribution in [1.82, 2.24) is 10.6 Å². The standard InChI is InChI=1S/C15H18N2O2/c1-4-9-16-15(19)10-14(17-12(3)18)13-7-5-11(2)6-8-13/h1,5-8,14H,9-10H2,2-3H3,(H,16,19)(H,17,18)/t14-/m1/s1. The van der Waals surface area contributed by atoms with E-state index in [1.54, 1.807) is 0 Å². The van der Waals surface area contributed by atoms with Crippen LogP contribution in [0, 0.1) is 19.3 Å². The van der Waals surface area contributed by atoms with E-state index in [2.05, 4.69) is 16.6 Å². The Morgan fingerprint density at radius 2 is 1.95 bits per heavy atom. The highest BCUT2D eigenvalue weighted by atomic mass is 16.2. The third kappa shape index (κ3) is 5.26. The van der Waals surface area contributed by atoms with E-state index in [0.717, 1.165) is 11.1 Å². The number of terminal acetylenes is 1. The molecule has 0 fully saturated rings. The van der Waals surface area contributed by atoms with Gasteiger partial charge in [0.2, 0.25) is 11.8 Å². The number of amides is 2. The Balaban J connectivity index is 2.77. The minimum absolute atomic E-state index is 0.171. The smallest absolute Gasteiger partial charge is 0.223 e. The highest BCUT2D eigenvalue weighted by Crippen LogP contribution is 2.17. The number of aryl methyl sites for hydroxylation is 1. The molecule has 100 valence electrons. The molecule has 0 saturated carbocycles. The molecule has 1 aromatic carbocycles. The maximum atomic E-state index is 11.7. The second kappa shape index (κ2) is 7.22. The van der Waals surface area contributed by atoms with Crippen LogP contribution >= 0.6 is 0 Å². The van der Waals surface area contributed by atoms with Gasteiger partial charge in [-0.15, -0.1) is 6.42 Å². The first-order valence-electron chi connectivity index (χ1n) is 6.06. The van der Waals surface area contributed by atoms with E-state index in [1.807, 2.05) is 31.2 Å². The SMILES string of the molecule is C#CCNC(=O)C[C@@H](NC(C)=O)c1ccc(C)cc1. The van der Waals surface area contributed by atoms with E-state index in [-0.39, 0.29) is 30.8 Å².